The van der Waals surface area contributed by atoms with Crippen LogP contribution in [0.15, 0.2) is 30.3 Å². The average Bonchev–Trinajstić information content (AvgIpc) is 2.89. The molecule has 0 radical (unpaired) electrons. The van der Waals surface area contributed by atoms with Crippen LogP contribution in [0.25, 0.3) is 6.08 Å². The number of carbonyl (C=O) groups excluding carboxylic acids is 1. The van der Waals surface area contributed by atoms with Crippen molar-refractivity contribution in [3.05, 3.63) is 41.6 Å². The first-order valence-electron chi connectivity index (χ1n) is 6.35. The number of nitrogens with one attached hydrogen (secondary N) is 2. The number of aromatic nitrogens is 2. The van der Waals surface area contributed by atoms with Gasteiger partial charge in [0.15, 0.2) is 17.3 Å². The summed E-state index contributed by atoms with van der Waals surface area (Å²) in [6, 6.07) is 7.17. The molecule has 2 rings (SSSR count). The highest BCUT2D eigenvalue weighted by atomic mass is 16.5. The number of amides is 1. The summed E-state index contributed by atoms with van der Waals surface area (Å²) in [7, 11) is 3.14. The van der Waals surface area contributed by atoms with Crippen LogP contribution in [0.2, 0.25) is 0 Å². The van der Waals surface area contributed by atoms with E-state index in [1.807, 2.05) is 13.0 Å². The lowest BCUT2D eigenvalue weighted by Gasteiger charge is -2.07. The molecule has 0 saturated carbocycles. The van der Waals surface area contributed by atoms with E-state index < -0.39 is 0 Å². The molecule has 0 fully saturated rings. The van der Waals surface area contributed by atoms with Crippen LogP contribution in [0.4, 0.5) is 5.82 Å². The van der Waals surface area contributed by atoms with Gasteiger partial charge in [0, 0.05) is 17.8 Å². The van der Waals surface area contributed by atoms with Gasteiger partial charge in [0.25, 0.3) is 0 Å². The van der Waals surface area contributed by atoms with Crippen molar-refractivity contribution in [3.63, 3.8) is 0 Å². The maximum Gasteiger partial charge on any atom is 0.249 e. The van der Waals surface area contributed by atoms with E-state index >= 15 is 0 Å². The maximum atomic E-state index is 11.8. The Hall–Kier alpha value is -2.76. The summed E-state index contributed by atoms with van der Waals surface area (Å²) < 4.78 is 10.4. The van der Waals surface area contributed by atoms with Crippen molar-refractivity contribution in [2.45, 2.75) is 6.92 Å². The van der Waals surface area contributed by atoms with Gasteiger partial charge in [-0.25, -0.2) is 0 Å². The number of aromatic amines is 1. The summed E-state index contributed by atoms with van der Waals surface area (Å²) in [5.74, 6) is 1.50. The first-order chi connectivity index (χ1) is 10.1. The van der Waals surface area contributed by atoms with Crippen LogP contribution in [-0.2, 0) is 4.79 Å². The summed E-state index contributed by atoms with van der Waals surface area (Å²) in [5, 5.41) is 9.35. The van der Waals surface area contributed by atoms with E-state index in [2.05, 4.69) is 15.5 Å². The number of anilines is 1. The van der Waals surface area contributed by atoms with Crippen molar-refractivity contribution < 1.29 is 14.3 Å². The molecule has 2 aromatic rings. The zero-order chi connectivity index (χ0) is 15.2. The summed E-state index contributed by atoms with van der Waals surface area (Å²) in [6.45, 7) is 1.86. The smallest absolute Gasteiger partial charge is 0.249 e. The lowest BCUT2D eigenvalue weighted by molar-refractivity contribution is -0.111. The zero-order valence-corrected chi connectivity index (χ0v) is 12.1. The van der Waals surface area contributed by atoms with Gasteiger partial charge in [0.2, 0.25) is 5.91 Å². The molecule has 0 spiro atoms. The number of hydrogen-bond acceptors (Lipinski definition) is 4. The molecule has 1 aromatic heterocycles. The molecule has 0 saturated heterocycles. The Morgan fingerprint density at radius 3 is 2.62 bits per heavy atom. The van der Waals surface area contributed by atoms with Crippen LogP contribution < -0.4 is 14.8 Å². The van der Waals surface area contributed by atoms with Gasteiger partial charge in [-0.05, 0) is 30.7 Å². The molecule has 110 valence electrons. The first-order valence-corrected chi connectivity index (χ1v) is 6.35. The van der Waals surface area contributed by atoms with E-state index in [1.54, 1.807) is 38.5 Å². The van der Waals surface area contributed by atoms with Gasteiger partial charge >= 0.3 is 0 Å². The van der Waals surface area contributed by atoms with Crippen molar-refractivity contribution in [1.82, 2.24) is 10.2 Å². The van der Waals surface area contributed by atoms with Crippen molar-refractivity contribution in [1.29, 1.82) is 0 Å². The van der Waals surface area contributed by atoms with Crippen molar-refractivity contribution >= 4 is 17.8 Å². The highest BCUT2D eigenvalue weighted by molar-refractivity contribution is 6.01. The molecule has 0 atom stereocenters. The zero-order valence-electron chi connectivity index (χ0n) is 12.1. The van der Waals surface area contributed by atoms with Crippen LogP contribution in [-0.4, -0.2) is 30.3 Å². The Balaban J connectivity index is 2.04. The van der Waals surface area contributed by atoms with Gasteiger partial charge in [-0.1, -0.05) is 6.07 Å². The Kier molecular flexibility index (Phi) is 4.61. The molecule has 21 heavy (non-hydrogen) atoms. The third-order valence-corrected chi connectivity index (χ3v) is 2.79. The third kappa shape index (κ3) is 3.85. The molecule has 6 nitrogen and oxygen atoms in total. The molecule has 1 amide bonds. The van der Waals surface area contributed by atoms with E-state index in [1.165, 1.54) is 6.08 Å². The normalized spacial score (nSPS) is 10.6. The van der Waals surface area contributed by atoms with Gasteiger partial charge in [-0.15, -0.1) is 0 Å². The monoisotopic (exact) mass is 287 g/mol. The van der Waals surface area contributed by atoms with E-state index in [0.29, 0.717) is 17.3 Å². The summed E-state index contributed by atoms with van der Waals surface area (Å²) >= 11 is 0. The molecule has 6 heteroatoms. The van der Waals surface area contributed by atoms with Gasteiger partial charge in [-0.2, -0.15) is 5.10 Å². The SMILES string of the molecule is COc1ccc(/C=C/C(=O)Nc2cc(C)[nH]n2)cc1OC. The van der Waals surface area contributed by atoms with Gasteiger partial charge in [0.05, 0.1) is 14.2 Å². The van der Waals surface area contributed by atoms with E-state index in [4.69, 9.17) is 9.47 Å². The Morgan fingerprint density at radius 1 is 1.24 bits per heavy atom. The molecule has 1 heterocycles. The van der Waals surface area contributed by atoms with E-state index in [-0.39, 0.29) is 5.91 Å². The summed E-state index contributed by atoms with van der Waals surface area (Å²) in [6.07, 6.45) is 3.13. The van der Waals surface area contributed by atoms with Crippen LogP contribution in [0, 0.1) is 6.92 Å². The second kappa shape index (κ2) is 6.60. The molecule has 0 aliphatic carbocycles. The number of benzene rings is 1. The maximum absolute atomic E-state index is 11.8. The molecule has 1 aromatic carbocycles. The quantitative estimate of drug-likeness (QED) is 0.828. The minimum atomic E-state index is -0.253. The van der Waals surface area contributed by atoms with Crippen molar-refractivity contribution in [3.8, 4) is 11.5 Å². The number of carbonyl (C=O) groups is 1. The standard InChI is InChI=1S/C15H17N3O3/c1-10-8-14(18-17-10)16-15(19)7-5-11-4-6-12(20-2)13(9-11)21-3/h4-9H,1-3H3,(H2,16,17,18,19)/b7-5+. The van der Waals surface area contributed by atoms with E-state index in [0.717, 1.165) is 11.3 Å². The molecule has 0 aliphatic rings. The number of aryl methyl sites for hydroxylation is 1. The molecule has 2 N–H and O–H groups in total. The topological polar surface area (TPSA) is 76.2 Å². The summed E-state index contributed by atoms with van der Waals surface area (Å²) in [4.78, 5) is 11.8. The number of hydrogen-bond donors (Lipinski definition) is 2. The molecule has 0 bridgehead atoms. The largest absolute Gasteiger partial charge is 0.493 e. The van der Waals surface area contributed by atoms with Gasteiger partial charge in [0.1, 0.15) is 0 Å². The second-order valence-electron chi connectivity index (χ2n) is 4.37. The van der Waals surface area contributed by atoms with Gasteiger partial charge < -0.3 is 14.8 Å². The Labute approximate surface area is 122 Å². The number of H-pyrrole nitrogens is 1. The molecule has 0 aliphatic heterocycles. The number of rotatable bonds is 5. The van der Waals surface area contributed by atoms with Crippen molar-refractivity contribution in [2.24, 2.45) is 0 Å². The number of nitrogens with zero attached hydrogens (tertiary/aromatic N) is 1. The fraction of sp³-hybridized carbons (Fsp3) is 0.200. The molecular weight excluding hydrogens is 270 g/mol. The lowest BCUT2D eigenvalue weighted by atomic mass is 10.2. The predicted octanol–water partition coefficient (Wildman–Crippen LogP) is 2.39. The average molecular weight is 287 g/mol. The molecule has 0 unspecified atom stereocenters. The van der Waals surface area contributed by atoms with Gasteiger partial charge in [-0.3, -0.25) is 9.89 Å². The van der Waals surface area contributed by atoms with Crippen LogP contribution in [0.5, 0.6) is 11.5 Å². The van der Waals surface area contributed by atoms with Crippen LogP contribution in [0.1, 0.15) is 11.3 Å². The summed E-state index contributed by atoms with van der Waals surface area (Å²) in [5.41, 5.74) is 1.72. The number of ether oxygens (including phenoxy) is 2. The van der Waals surface area contributed by atoms with E-state index in [9.17, 15) is 4.79 Å². The second-order valence-corrected chi connectivity index (χ2v) is 4.37. The third-order valence-electron chi connectivity index (χ3n) is 2.79. The fourth-order valence-electron chi connectivity index (χ4n) is 1.78. The minimum Gasteiger partial charge on any atom is -0.493 e. The highest BCUT2D eigenvalue weighted by Crippen LogP contribution is 2.27. The minimum absolute atomic E-state index is 0.253. The fourth-order valence-corrected chi connectivity index (χ4v) is 1.78. The highest BCUT2D eigenvalue weighted by Gasteiger charge is 2.04. The Bertz CT molecular complexity index is 662. The predicted molar refractivity (Wildman–Crippen MR) is 80.5 cm³/mol. The molecular formula is C15H17N3O3. The first kappa shape index (κ1) is 14.6. The number of methoxy groups -OCH3 is 2. The Morgan fingerprint density at radius 2 is 2.00 bits per heavy atom. The van der Waals surface area contributed by atoms with Crippen LogP contribution >= 0.6 is 0 Å². The van der Waals surface area contributed by atoms with Crippen molar-refractivity contribution in [2.75, 3.05) is 19.5 Å². The van der Waals surface area contributed by atoms with Crippen LogP contribution in [0.3, 0.4) is 0 Å². The lowest BCUT2D eigenvalue weighted by Crippen LogP contribution is -2.07.